The second-order valence-electron chi connectivity index (χ2n) is 3.28. The molecule has 8 heteroatoms. The van der Waals surface area contributed by atoms with Crippen molar-refractivity contribution in [2.75, 3.05) is 0 Å². The standard InChI is InChI=1S/C10H5N5O3/c11-2-8-9(3-12)15(5-13-8)4-6-1-7(10(16)17)14-18-6/h1,5H,4H2,(H,16,17). The van der Waals surface area contributed by atoms with Crippen LogP contribution in [0.15, 0.2) is 16.9 Å². The van der Waals surface area contributed by atoms with Gasteiger partial charge in [0, 0.05) is 6.07 Å². The van der Waals surface area contributed by atoms with Crippen LogP contribution in [-0.2, 0) is 6.54 Å². The van der Waals surface area contributed by atoms with Gasteiger partial charge in [-0.25, -0.2) is 9.78 Å². The summed E-state index contributed by atoms with van der Waals surface area (Å²) in [5, 5.41) is 29.6. The molecule has 0 atom stereocenters. The zero-order valence-corrected chi connectivity index (χ0v) is 8.86. The van der Waals surface area contributed by atoms with E-state index in [1.54, 1.807) is 6.07 Å². The van der Waals surface area contributed by atoms with Crippen LogP contribution < -0.4 is 0 Å². The normalized spacial score (nSPS) is 9.67. The average molecular weight is 243 g/mol. The Morgan fingerprint density at radius 2 is 2.28 bits per heavy atom. The number of nitrogens with zero attached hydrogens (tertiary/aromatic N) is 5. The summed E-state index contributed by atoms with van der Waals surface area (Å²) < 4.78 is 6.18. The molecule has 0 saturated carbocycles. The Morgan fingerprint density at radius 3 is 2.83 bits per heavy atom. The van der Waals surface area contributed by atoms with Gasteiger partial charge in [0.1, 0.15) is 12.1 Å². The van der Waals surface area contributed by atoms with Gasteiger partial charge in [-0.3, -0.25) is 0 Å². The summed E-state index contributed by atoms with van der Waals surface area (Å²) >= 11 is 0. The number of nitriles is 2. The van der Waals surface area contributed by atoms with Gasteiger partial charge in [-0.15, -0.1) is 0 Å². The van der Waals surface area contributed by atoms with Gasteiger partial charge in [-0.2, -0.15) is 10.5 Å². The molecule has 0 fully saturated rings. The molecular formula is C10H5N5O3. The number of carbonyl (C=O) groups is 1. The molecule has 8 nitrogen and oxygen atoms in total. The Hall–Kier alpha value is -3.13. The highest BCUT2D eigenvalue weighted by Crippen LogP contribution is 2.10. The second kappa shape index (κ2) is 4.39. The van der Waals surface area contributed by atoms with Crippen molar-refractivity contribution in [2.24, 2.45) is 0 Å². The molecule has 0 radical (unpaired) electrons. The van der Waals surface area contributed by atoms with Gasteiger partial charge < -0.3 is 14.2 Å². The molecule has 1 N–H and O–H groups in total. The quantitative estimate of drug-likeness (QED) is 0.823. The van der Waals surface area contributed by atoms with Crippen molar-refractivity contribution < 1.29 is 14.4 Å². The lowest BCUT2D eigenvalue weighted by molar-refractivity contribution is 0.0685. The maximum Gasteiger partial charge on any atom is 0.358 e. The molecule has 88 valence electrons. The molecule has 0 aromatic carbocycles. The Morgan fingerprint density at radius 1 is 1.50 bits per heavy atom. The van der Waals surface area contributed by atoms with Gasteiger partial charge in [0.05, 0.1) is 12.9 Å². The van der Waals surface area contributed by atoms with E-state index in [2.05, 4.69) is 10.1 Å². The maximum absolute atomic E-state index is 10.6. The summed E-state index contributed by atoms with van der Waals surface area (Å²) in [5.74, 6) is -0.945. The number of aromatic carboxylic acids is 1. The first kappa shape index (κ1) is 11.4. The third-order valence-corrected chi connectivity index (χ3v) is 2.15. The first-order valence-corrected chi connectivity index (χ1v) is 4.70. The fourth-order valence-electron chi connectivity index (χ4n) is 1.36. The number of hydrogen-bond donors (Lipinski definition) is 1. The molecular weight excluding hydrogens is 238 g/mol. The van der Waals surface area contributed by atoms with E-state index in [1.165, 1.54) is 17.0 Å². The Labute approximate surface area is 100 Å². The van der Waals surface area contributed by atoms with E-state index in [0.717, 1.165) is 0 Å². The molecule has 0 bridgehead atoms. The molecule has 2 aromatic heterocycles. The van der Waals surface area contributed by atoms with E-state index in [4.69, 9.17) is 20.2 Å². The highest BCUT2D eigenvalue weighted by molar-refractivity contribution is 5.85. The van der Waals surface area contributed by atoms with Gasteiger partial charge in [0.15, 0.2) is 22.8 Å². The van der Waals surface area contributed by atoms with Crippen LogP contribution in [0.5, 0.6) is 0 Å². The molecule has 0 aliphatic carbocycles. The molecule has 0 amide bonds. The number of rotatable bonds is 3. The van der Waals surface area contributed by atoms with Crippen molar-refractivity contribution in [3.63, 3.8) is 0 Å². The van der Waals surface area contributed by atoms with E-state index in [1.807, 2.05) is 6.07 Å². The number of hydrogen-bond acceptors (Lipinski definition) is 6. The van der Waals surface area contributed by atoms with Crippen molar-refractivity contribution >= 4 is 5.97 Å². The summed E-state index contributed by atoms with van der Waals surface area (Å²) in [6.45, 7) is 0.0812. The lowest BCUT2D eigenvalue weighted by atomic mass is 10.3. The highest BCUT2D eigenvalue weighted by Gasteiger charge is 2.14. The van der Waals surface area contributed by atoms with Crippen LogP contribution in [0.3, 0.4) is 0 Å². The lowest BCUT2D eigenvalue weighted by Gasteiger charge is -1.98. The summed E-state index contributed by atoms with van der Waals surface area (Å²) in [4.78, 5) is 14.3. The van der Waals surface area contributed by atoms with Crippen LogP contribution in [-0.4, -0.2) is 25.8 Å². The first-order chi connectivity index (χ1) is 8.65. The van der Waals surface area contributed by atoms with Crippen LogP contribution in [0.25, 0.3) is 0 Å². The van der Waals surface area contributed by atoms with Crippen molar-refractivity contribution in [3.05, 3.63) is 35.2 Å². The third kappa shape index (κ3) is 1.90. The van der Waals surface area contributed by atoms with E-state index in [0.29, 0.717) is 0 Å². The average Bonchev–Trinajstić information content (AvgIpc) is 2.95. The van der Waals surface area contributed by atoms with Crippen molar-refractivity contribution in [3.8, 4) is 12.1 Å². The highest BCUT2D eigenvalue weighted by atomic mass is 16.5. The second-order valence-corrected chi connectivity index (χ2v) is 3.28. The monoisotopic (exact) mass is 243 g/mol. The number of carboxylic acid groups (broad SMARTS) is 1. The van der Waals surface area contributed by atoms with Crippen molar-refractivity contribution in [1.82, 2.24) is 14.7 Å². The largest absolute Gasteiger partial charge is 0.476 e. The molecule has 0 aliphatic rings. The van der Waals surface area contributed by atoms with E-state index < -0.39 is 5.97 Å². The van der Waals surface area contributed by atoms with Gasteiger partial charge in [0.2, 0.25) is 0 Å². The zero-order chi connectivity index (χ0) is 13.1. The molecule has 2 heterocycles. The predicted octanol–water partition coefficient (Wildman–Crippen LogP) is 0.361. The number of aromatic nitrogens is 3. The Bertz CT molecular complexity index is 685. The Kier molecular flexibility index (Phi) is 2.77. The molecule has 2 rings (SSSR count). The molecule has 0 saturated heterocycles. The molecule has 0 unspecified atom stereocenters. The maximum atomic E-state index is 10.6. The number of imidazole rings is 1. The van der Waals surface area contributed by atoms with Gasteiger partial charge >= 0.3 is 5.97 Å². The summed E-state index contributed by atoms with van der Waals surface area (Å²) in [5.41, 5.74) is -0.120. The van der Waals surface area contributed by atoms with E-state index in [9.17, 15) is 4.79 Å². The summed E-state index contributed by atoms with van der Waals surface area (Å²) in [7, 11) is 0. The third-order valence-electron chi connectivity index (χ3n) is 2.15. The van der Waals surface area contributed by atoms with Crippen molar-refractivity contribution in [2.45, 2.75) is 6.54 Å². The molecule has 0 spiro atoms. The minimum Gasteiger partial charge on any atom is -0.476 e. The fraction of sp³-hybridized carbons (Fsp3) is 0.100. The fourth-order valence-corrected chi connectivity index (χ4v) is 1.36. The number of carboxylic acids is 1. The molecule has 0 aliphatic heterocycles. The molecule has 2 aromatic rings. The van der Waals surface area contributed by atoms with Gasteiger partial charge in [-0.05, 0) is 0 Å². The van der Waals surface area contributed by atoms with Crippen LogP contribution in [0.1, 0.15) is 27.6 Å². The first-order valence-electron chi connectivity index (χ1n) is 4.70. The van der Waals surface area contributed by atoms with Crippen LogP contribution in [0.2, 0.25) is 0 Å². The van der Waals surface area contributed by atoms with E-state index >= 15 is 0 Å². The van der Waals surface area contributed by atoms with Crippen LogP contribution >= 0.6 is 0 Å². The minimum atomic E-state index is -1.20. The zero-order valence-electron chi connectivity index (χ0n) is 8.86. The molecule has 18 heavy (non-hydrogen) atoms. The van der Waals surface area contributed by atoms with Crippen LogP contribution in [0.4, 0.5) is 0 Å². The topological polar surface area (TPSA) is 129 Å². The smallest absolute Gasteiger partial charge is 0.358 e. The summed E-state index contributed by atoms with van der Waals surface area (Å²) in [6.07, 6.45) is 1.31. The minimum absolute atomic E-state index is 0.00970. The van der Waals surface area contributed by atoms with Gasteiger partial charge in [-0.1, -0.05) is 5.16 Å². The SMILES string of the molecule is N#Cc1ncn(Cc2cc(C(=O)O)no2)c1C#N. The van der Waals surface area contributed by atoms with Crippen LogP contribution in [0, 0.1) is 22.7 Å². The lowest BCUT2D eigenvalue weighted by Crippen LogP contribution is -2.00. The van der Waals surface area contributed by atoms with E-state index in [-0.39, 0.29) is 29.4 Å². The Balaban J connectivity index is 2.29. The summed E-state index contributed by atoms with van der Waals surface area (Å²) in [6, 6.07) is 4.87. The van der Waals surface area contributed by atoms with Crippen molar-refractivity contribution in [1.29, 1.82) is 10.5 Å². The van der Waals surface area contributed by atoms with Gasteiger partial charge in [0.25, 0.3) is 0 Å². The predicted molar refractivity (Wildman–Crippen MR) is 54.2 cm³/mol.